The summed E-state index contributed by atoms with van der Waals surface area (Å²) < 4.78 is 33.2. The Bertz CT molecular complexity index is 1550. The lowest BCUT2D eigenvalue weighted by Crippen LogP contribution is -2.51. The van der Waals surface area contributed by atoms with Gasteiger partial charge < -0.3 is 24.8 Å². The summed E-state index contributed by atoms with van der Waals surface area (Å²) in [6.07, 6.45) is 2.12. The van der Waals surface area contributed by atoms with Crippen molar-refractivity contribution in [3.8, 4) is 17.2 Å². The molecule has 0 bridgehead atoms. The first-order chi connectivity index (χ1) is 21.5. The molecule has 0 aliphatic carbocycles. The molecule has 45 heavy (non-hydrogen) atoms. The van der Waals surface area contributed by atoms with E-state index in [-0.39, 0.29) is 13.0 Å². The Labute approximate surface area is 262 Å². The normalized spacial score (nSPS) is 17.7. The summed E-state index contributed by atoms with van der Waals surface area (Å²) in [4.78, 5) is 27.2. The summed E-state index contributed by atoms with van der Waals surface area (Å²) in [6, 6.07) is 12.8. The van der Waals surface area contributed by atoms with Gasteiger partial charge in [0.25, 0.3) is 5.91 Å². The highest BCUT2D eigenvalue weighted by Crippen LogP contribution is 2.31. The molecular formula is C33H41FN6O5. The van der Waals surface area contributed by atoms with E-state index in [4.69, 9.17) is 19.3 Å². The van der Waals surface area contributed by atoms with Gasteiger partial charge >= 0.3 is 6.09 Å². The summed E-state index contributed by atoms with van der Waals surface area (Å²) in [5.74, 6) is -1.08. The van der Waals surface area contributed by atoms with Crippen molar-refractivity contribution in [3.63, 3.8) is 0 Å². The van der Waals surface area contributed by atoms with Crippen molar-refractivity contribution in [3.05, 3.63) is 54.0 Å². The number of fused-ring (bicyclic) bond motifs is 1. The molecule has 2 saturated heterocycles. The highest BCUT2D eigenvalue weighted by atomic mass is 19.1. The van der Waals surface area contributed by atoms with Crippen LogP contribution in [0.5, 0.6) is 0 Å². The molecule has 240 valence electrons. The van der Waals surface area contributed by atoms with Crippen LogP contribution in [0, 0.1) is 17.1 Å². The van der Waals surface area contributed by atoms with Gasteiger partial charge in [-0.3, -0.25) is 14.4 Å². The van der Waals surface area contributed by atoms with Gasteiger partial charge in [-0.25, -0.2) is 9.18 Å². The van der Waals surface area contributed by atoms with E-state index in [0.717, 1.165) is 55.6 Å². The molecule has 2 N–H and O–H groups in total. The molecule has 5 rings (SSSR count). The molecule has 2 aliphatic heterocycles. The van der Waals surface area contributed by atoms with Gasteiger partial charge in [0.2, 0.25) is 0 Å². The number of nitriles is 1. The van der Waals surface area contributed by atoms with Crippen LogP contribution < -0.4 is 10.6 Å². The predicted octanol–water partition coefficient (Wildman–Crippen LogP) is 3.97. The number of rotatable bonds is 10. The molecule has 2 atom stereocenters. The Morgan fingerprint density at radius 2 is 1.84 bits per heavy atom. The van der Waals surface area contributed by atoms with Crippen molar-refractivity contribution in [2.75, 3.05) is 40.0 Å². The minimum absolute atomic E-state index is 0.0399. The number of likely N-dealkylation sites (tertiary alicyclic amines) is 1. The van der Waals surface area contributed by atoms with Crippen LogP contribution >= 0.6 is 0 Å². The van der Waals surface area contributed by atoms with Crippen LogP contribution in [-0.2, 0) is 25.4 Å². The first-order valence-corrected chi connectivity index (χ1v) is 15.3. The summed E-state index contributed by atoms with van der Waals surface area (Å²) in [5, 5.41) is 20.5. The van der Waals surface area contributed by atoms with Crippen molar-refractivity contribution >= 4 is 22.9 Å². The fraction of sp³-hybridized carbons (Fsp3) is 0.515. The Balaban J connectivity index is 1.21. The third kappa shape index (κ3) is 7.97. The average molecular weight is 621 g/mol. The van der Waals surface area contributed by atoms with Crippen LogP contribution in [0.2, 0.25) is 0 Å². The standard InChI is InChI=1S/C33H41FN6O5/c1-33(2,3)45-32(42)36-18-30(43-4)31(41)38-25(16-35)13-23-7-5-21(14-28(23)34)22-6-8-24-17-37-40(29(24)15-22)26-9-11-39(12-10-26)27-19-44-20-27/h5-8,14-15,17,25-27,30H,9-13,18-20H2,1-4H3,(H,36,42)(H,38,41)/t25-,30-/m0/s1. The highest BCUT2D eigenvalue weighted by molar-refractivity contribution is 5.85. The molecule has 3 aromatic rings. The van der Waals surface area contributed by atoms with Crippen molar-refractivity contribution in [1.29, 1.82) is 5.26 Å². The van der Waals surface area contributed by atoms with E-state index in [1.54, 1.807) is 26.8 Å². The van der Waals surface area contributed by atoms with E-state index < -0.39 is 35.6 Å². The van der Waals surface area contributed by atoms with Gasteiger partial charge in [0.1, 0.15) is 17.5 Å². The summed E-state index contributed by atoms with van der Waals surface area (Å²) in [5.41, 5.74) is 2.18. The van der Waals surface area contributed by atoms with Crippen molar-refractivity contribution in [2.24, 2.45) is 0 Å². The molecule has 2 aromatic carbocycles. The Hall–Kier alpha value is -4.05. The van der Waals surface area contributed by atoms with Crippen LogP contribution in [0.4, 0.5) is 9.18 Å². The highest BCUT2D eigenvalue weighted by Gasteiger charge is 2.31. The van der Waals surface area contributed by atoms with E-state index in [2.05, 4.69) is 26.3 Å². The van der Waals surface area contributed by atoms with Crippen molar-refractivity contribution < 1.29 is 28.2 Å². The number of carbonyl (C=O) groups excluding carboxylic acids is 2. The molecule has 0 spiro atoms. The molecular weight excluding hydrogens is 579 g/mol. The Morgan fingerprint density at radius 3 is 2.47 bits per heavy atom. The number of amides is 2. The zero-order chi connectivity index (χ0) is 32.1. The molecule has 2 amide bonds. The maximum Gasteiger partial charge on any atom is 0.407 e. The van der Waals surface area contributed by atoms with Gasteiger partial charge in [-0.2, -0.15) is 10.4 Å². The van der Waals surface area contributed by atoms with Gasteiger partial charge in [0, 0.05) is 32.0 Å². The monoisotopic (exact) mass is 620 g/mol. The lowest BCUT2D eigenvalue weighted by atomic mass is 9.99. The third-order valence-electron chi connectivity index (χ3n) is 8.27. The number of carbonyl (C=O) groups is 2. The maximum atomic E-state index is 15.4. The van der Waals surface area contributed by atoms with Crippen LogP contribution in [0.25, 0.3) is 22.0 Å². The third-order valence-corrected chi connectivity index (χ3v) is 8.27. The number of aromatic nitrogens is 2. The van der Waals surface area contributed by atoms with Gasteiger partial charge in [0.05, 0.1) is 49.6 Å². The second kappa shape index (κ2) is 13.9. The minimum Gasteiger partial charge on any atom is -0.444 e. The van der Waals surface area contributed by atoms with E-state index in [9.17, 15) is 14.9 Å². The fourth-order valence-electron chi connectivity index (χ4n) is 5.72. The molecule has 1 aromatic heterocycles. The summed E-state index contributed by atoms with van der Waals surface area (Å²) in [6.45, 7) is 8.70. The Kier molecular flexibility index (Phi) is 10.0. The number of alkyl carbamates (subject to hydrolysis) is 1. The van der Waals surface area contributed by atoms with E-state index in [1.807, 2.05) is 30.5 Å². The number of benzene rings is 2. The molecule has 0 saturated carbocycles. The van der Waals surface area contributed by atoms with Gasteiger partial charge in [-0.15, -0.1) is 0 Å². The topological polar surface area (TPSA) is 131 Å². The predicted molar refractivity (Wildman–Crippen MR) is 166 cm³/mol. The molecule has 2 aliphatic rings. The largest absolute Gasteiger partial charge is 0.444 e. The number of nitrogens with one attached hydrogen (secondary N) is 2. The summed E-state index contributed by atoms with van der Waals surface area (Å²) in [7, 11) is 1.32. The van der Waals surface area contributed by atoms with Gasteiger partial charge in [-0.1, -0.05) is 24.3 Å². The van der Waals surface area contributed by atoms with Crippen LogP contribution in [-0.4, -0.2) is 90.4 Å². The van der Waals surface area contributed by atoms with E-state index in [0.29, 0.717) is 23.2 Å². The fourth-order valence-corrected chi connectivity index (χ4v) is 5.72. The lowest BCUT2D eigenvalue weighted by Gasteiger charge is -2.41. The number of nitrogens with zero attached hydrogens (tertiary/aromatic N) is 4. The second-order valence-corrected chi connectivity index (χ2v) is 12.6. The number of halogens is 1. The second-order valence-electron chi connectivity index (χ2n) is 12.6. The molecule has 0 unspecified atom stereocenters. The van der Waals surface area contributed by atoms with Crippen LogP contribution in [0.1, 0.15) is 45.2 Å². The average Bonchev–Trinajstić information content (AvgIpc) is 3.40. The number of hydrogen-bond donors (Lipinski definition) is 2. The van der Waals surface area contributed by atoms with Gasteiger partial charge in [-0.05, 0) is 62.4 Å². The number of hydrogen-bond acceptors (Lipinski definition) is 8. The first-order valence-electron chi connectivity index (χ1n) is 15.3. The van der Waals surface area contributed by atoms with E-state index in [1.165, 1.54) is 13.2 Å². The molecule has 3 heterocycles. The van der Waals surface area contributed by atoms with Crippen molar-refractivity contribution in [1.82, 2.24) is 25.3 Å². The zero-order valence-electron chi connectivity index (χ0n) is 26.2. The Morgan fingerprint density at radius 1 is 1.13 bits per heavy atom. The molecule has 2 fully saturated rings. The SMILES string of the molecule is CO[C@@H](CNC(=O)OC(C)(C)C)C(=O)N[C@H](C#N)Cc1ccc(-c2ccc3cnn(C4CCN(C5COC5)CC4)c3c2)cc1F. The van der Waals surface area contributed by atoms with Gasteiger partial charge in [0.15, 0.2) is 6.10 Å². The van der Waals surface area contributed by atoms with Crippen LogP contribution in [0.15, 0.2) is 42.6 Å². The smallest absolute Gasteiger partial charge is 0.407 e. The number of ether oxygens (including phenoxy) is 3. The number of methoxy groups -OCH3 is 1. The molecule has 12 heteroatoms. The quantitative estimate of drug-likeness (QED) is 0.348. The number of piperidine rings is 1. The first kappa shape index (κ1) is 32.3. The molecule has 0 radical (unpaired) electrons. The van der Waals surface area contributed by atoms with Crippen LogP contribution in [0.3, 0.4) is 0 Å². The summed E-state index contributed by atoms with van der Waals surface area (Å²) >= 11 is 0. The zero-order valence-corrected chi connectivity index (χ0v) is 26.2. The van der Waals surface area contributed by atoms with Crippen molar-refractivity contribution in [2.45, 2.75) is 69.9 Å². The molecule has 11 nitrogen and oxygen atoms in total. The lowest BCUT2D eigenvalue weighted by molar-refractivity contribution is -0.131. The maximum absolute atomic E-state index is 15.4. The van der Waals surface area contributed by atoms with E-state index >= 15 is 4.39 Å². The minimum atomic E-state index is -1.06.